The predicted molar refractivity (Wildman–Crippen MR) is 120 cm³/mol. The van der Waals surface area contributed by atoms with E-state index < -0.39 is 5.79 Å². The fourth-order valence-corrected chi connectivity index (χ4v) is 3.93. The molecule has 0 saturated carbocycles. The molecule has 2 unspecified atom stereocenters. The summed E-state index contributed by atoms with van der Waals surface area (Å²) in [5.41, 5.74) is 0. The highest BCUT2D eigenvalue weighted by Crippen LogP contribution is 2.23. The molecule has 0 spiro atoms. The van der Waals surface area contributed by atoms with E-state index in [1.165, 1.54) is 83.5 Å². The molecule has 1 saturated heterocycles. The summed E-state index contributed by atoms with van der Waals surface area (Å²) in [4.78, 5) is 12.1. The second kappa shape index (κ2) is 16.1. The third-order valence-corrected chi connectivity index (χ3v) is 5.87. The van der Waals surface area contributed by atoms with Crippen LogP contribution in [-0.2, 0) is 19.0 Å². The molecule has 1 aliphatic heterocycles. The number of hydrogen-bond donors (Lipinski definition) is 0. The van der Waals surface area contributed by atoms with Gasteiger partial charge in [0.15, 0.2) is 5.79 Å². The lowest BCUT2D eigenvalue weighted by atomic mass is 10.0. The van der Waals surface area contributed by atoms with Gasteiger partial charge in [-0.2, -0.15) is 0 Å². The van der Waals surface area contributed by atoms with Crippen LogP contribution in [0.5, 0.6) is 0 Å². The van der Waals surface area contributed by atoms with E-state index in [1.807, 2.05) is 20.8 Å². The van der Waals surface area contributed by atoms with Crippen LogP contribution in [0.1, 0.15) is 124 Å². The van der Waals surface area contributed by atoms with Crippen molar-refractivity contribution in [2.24, 2.45) is 5.92 Å². The van der Waals surface area contributed by atoms with Gasteiger partial charge in [-0.25, -0.2) is 0 Å². The van der Waals surface area contributed by atoms with Gasteiger partial charge in [-0.05, 0) is 20.3 Å². The summed E-state index contributed by atoms with van der Waals surface area (Å²) in [6, 6.07) is 0. The van der Waals surface area contributed by atoms with E-state index in [4.69, 9.17) is 14.2 Å². The Morgan fingerprint density at radius 1 is 0.897 bits per heavy atom. The molecule has 2 atom stereocenters. The average molecular weight is 413 g/mol. The maximum absolute atomic E-state index is 12.1. The fraction of sp³-hybridized carbons (Fsp3) is 0.960. The van der Waals surface area contributed by atoms with Crippen LogP contribution >= 0.6 is 0 Å². The first-order valence-corrected chi connectivity index (χ1v) is 12.4. The molecular weight excluding hydrogens is 364 g/mol. The number of unbranched alkanes of at least 4 members (excludes halogenated alkanes) is 13. The van der Waals surface area contributed by atoms with Crippen molar-refractivity contribution in [2.75, 3.05) is 13.2 Å². The van der Waals surface area contributed by atoms with Crippen LogP contribution in [0.2, 0.25) is 0 Å². The molecule has 0 aliphatic carbocycles. The van der Waals surface area contributed by atoms with Gasteiger partial charge in [0, 0.05) is 0 Å². The number of carbonyl (C=O) groups is 1. The second-order valence-electron chi connectivity index (χ2n) is 9.37. The normalized spacial score (nSPS) is 19.4. The molecule has 0 aromatic heterocycles. The molecule has 1 rings (SSSR count). The van der Waals surface area contributed by atoms with Crippen LogP contribution in [0, 0.1) is 5.92 Å². The zero-order chi connectivity index (χ0) is 21.4. The first-order valence-electron chi connectivity index (χ1n) is 12.4. The van der Waals surface area contributed by atoms with E-state index >= 15 is 0 Å². The van der Waals surface area contributed by atoms with Crippen molar-refractivity contribution in [3.8, 4) is 0 Å². The van der Waals surface area contributed by atoms with E-state index in [0.717, 1.165) is 12.8 Å². The number of rotatable bonds is 18. The lowest BCUT2D eigenvalue weighted by Crippen LogP contribution is -2.26. The van der Waals surface area contributed by atoms with E-state index in [1.54, 1.807) is 0 Å². The Balaban J connectivity index is 1.85. The smallest absolute Gasteiger partial charge is 0.308 e. The average Bonchev–Trinajstić information content (AvgIpc) is 3.04. The van der Waals surface area contributed by atoms with Crippen molar-refractivity contribution in [2.45, 2.75) is 136 Å². The topological polar surface area (TPSA) is 44.8 Å². The Labute approximate surface area is 180 Å². The van der Waals surface area contributed by atoms with Crippen LogP contribution in [0.4, 0.5) is 0 Å². The third-order valence-electron chi connectivity index (χ3n) is 5.87. The Morgan fingerprint density at radius 3 is 1.83 bits per heavy atom. The summed E-state index contributed by atoms with van der Waals surface area (Å²) in [6.07, 6.45) is 19.8. The van der Waals surface area contributed by atoms with Crippen molar-refractivity contribution < 1.29 is 19.0 Å². The van der Waals surface area contributed by atoms with Crippen molar-refractivity contribution in [1.29, 1.82) is 0 Å². The van der Waals surface area contributed by atoms with E-state index in [0.29, 0.717) is 13.2 Å². The minimum Gasteiger partial charge on any atom is -0.463 e. The molecule has 172 valence electrons. The molecule has 1 aliphatic rings. The zero-order valence-electron chi connectivity index (χ0n) is 19.8. The number of hydrogen-bond acceptors (Lipinski definition) is 4. The van der Waals surface area contributed by atoms with Crippen LogP contribution < -0.4 is 0 Å². The molecule has 4 heteroatoms. The summed E-state index contributed by atoms with van der Waals surface area (Å²) < 4.78 is 16.6. The summed E-state index contributed by atoms with van der Waals surface area (Å²) in [5, 5.41) is 0. The molecule has 0 amide bonds. The molecule has 0 N–H and O–H groups in total. The standard InChI is InChI=1S/C25H48O4/c1-5-6-7-8-9-10-11-12-13-14-15-16-17-18-19-22(2)24(26)27-20-23-21-28-25(3,4)29-23/h22-23H,5-21H2,1-4H3. The molecule has 29 heavy (non-hydrogen) atoms. The van der Waals surface area contributed by atoms with Crippen molar-refractivity contribution in [1.82, 2.24) is 0 Å². The lowest BCUT2D eigenvalue weighted by Gasteiger charge is -2.17. The summed E-state index contributed by atoms with van der Waals surface area (Å²) in [5.74, 6) is -0.688. The SMILES string of the molecule is CCCCCCCCCCCCCCCCC(C)C(=O)OCC1COC(C)(C)O1. The van der Waals surface area contributed by atoms with Gasteiger partial charge in [0.25, 0.3) is 0 Å². The van der Waals surface area contributed by atoms with Crippen LogP contribution in [0.25, 0.3) is 0 Å². The lowest BCUT2D eigenvalue weighted by molar-refractivity contribution is -0.161. The Morgan fingerprint density at radius 2 is 1.38 bits per heavy atom. The molecule has 0 aromatic rings. The second-order valence-corrected chi connectivity index (χ2v) is 9.37. The Bertz CT molecular complexity index is 408. The minimum atomic E-state index is -0.559. The minimum absolute atomic E-state index is 0.0253. The van der Waals surface area contributed by atoms with Crippen LogP contribution in [0.15, 0.2) is 0 Å². The maximum Gasteiger partial charge on any atom is 0.308 e. The van der Waals surface area contributed by atoms with Gasteiger partial charge >= 0.3 is 5.97 Å². The molecular formula is C25H48O4. The number of carbonyl (C=O) groups excluding carboxylic acids is 1. The molecule has 0 aromatic carbocycles. The predicted octanol–water partition coefficient (Wildman–Crippen LogP) is 7.19. The highest BCUT2D eigenvalue weighted by atomic mass is 16.7. The van der Waals surface area contributed by atoms with Gasteiger partial charge < -0.3 is 14.2 Å². The van der Waals surface area contributed by atoms with Gasteiger partial charge in [-0.3, -0.25) is 4.79 Å². The van der Waals surface area contributed by atoms with E-state index in [-0.39, 0.29) is 18.0 Å². The zero-order valence-corrected chi connectivity index (χ0v) is 19.8. The number of esters is 1. The molecule has 1 heterocycles. The molecule has 0 radical (unpaired) electrons. The van der Waals surface area contributed by atoms with Gasteiger partial charge in [-0.15, -0.1) is 0 Å². The van der Waals surface area contributed by atoms with Gasteiger partial charge in [0.2, 0.25) is 0 Å². The first-order chi connectivity index (χ1) is 13.9. The summed E-state index contributed by atoms with van der Waals surface area (Å²) in [6.45, 7) is 8.80. The maximum atomic E-state index is 12.1. The largest absolute Gasteiger partial charge is 0.463 e. The van der Waals surface area contributed by atoms with E-state index in [2.05, 4.69) is 6.92 Å². The number of ether oxygens (including phenoxy) is 3. The van der Waals surface area contributed by atoms with E-state index in [9.17, 15) is 4.79 Å². The quantitative estimate of drug-likeness (QED) is 0.176. The molecule has 0 bridgehead atoms. The van der Waals surface area contributed by atoms with Crippen LogP contribution in [-0.4, -0.2) is 31.1 Å². The van der Waals surface area contributed by atoms with Gasteiger partial charge in [0.1, 0.15) is 12.7 Å². The molecule has 4 nitrogen and oxygen atoms in total. The summed E-state index contributed by atoms with van der Waals surface area (Å²) >= 11 is 0. The third kappa shape index (κ3) is 14.1. The highest BCUT2D eigenvalue weighted by molar-refractivity contribution is 5.71. The molecule has 1 fully saturated rings. The van der Waals surface area contributed by atoms with Crippen molar-refractivity contribution >= 4 is 5.97 Å². The van der Waals surface area contributed by atoms with Crippen molar-refractivity contribution in [3.63, 3.8) is 0 Å². The summed E-state index contributed by atoms with van der Waals surface area (Å²) in [7, 11) is 0. The Kier molecular flexibility index (Phi) is 14.7. The van der Waals surface area contributed by atoms with Gasteiger partial charge in [-0.1, -0.05) is 104 Å². The Hall–Kier alpha value is -0.610. The first kappa shape index (κ1) is 26.4. The van der Waals surface area contributed by atoms with Crippen molar-refractivity contribution in [3.05, 3.63) is 0 Å². The van der Waals surface area contributed by atoms with Gasteiger partial charge in [0.05, 0.1) is 12.5 Å². The monoisotopic (exact) mass is 412 g/mol. The highest BCUT2D eigenvalue weighted by Gasteiger charge is 2.33. The fourth-order valence-electron chi connectivity index (χ4n) is 3.93. The van der Waals surface area contributed by atoms with Crippen LogP contribution in [0.3, 0.4) is 0 Å².